The molecule has 0 aromatic carbocycles. The largest absolute Gasteiger partial charge is 0.463 e. The summed E-state index contributed by atoms with van der Waals surface area (Å²) in [6.45, 7) is 2.48. The molecule has 1 N–H and O–H groups in total. The maximum Gasteiger partial charge on any atom is 0.303 e. The Labute approximate surface area is 149 Å². The van der Waals surface area contributed by atoms with Gasteiger partial charge in [-0.15, -0.1) is 0 Å². The first-order chi connectivity index (χ1) is 11.9. The van der Waals surface area contributed by atoms with E-state index in [9.17, 15) is 14.4 Å². The average Bonchev–Trinajstić information content (AvgIpc) is 3.09. The van der Waals surface area contributed by atoms with Crippen molar-refractivity contribution in [3.05, 3.63) is 23.0 Å². The van der Waals surface area contributed by atoms with Crippen LogP contribution in [0, 0.1) is 0 Å². The van der Waals surface area contributed by atoms with Gasteiger partial charge in [0, 0.05) is 13.8 Å². The Hall–Kier alpha value is -2.27. The van der Waals surface area contributed by atoms with Gasteiger partial charge in [0.15, 0.2) is 17.4 Å². The summed E-state index contributed by atoms with van der Waals surface area (Å²) >= 11 is 3.47. The van der Waals surface area contributed by atoms with Crippen molar-refractivity contribution in [2.24, 2.45) is 0 Å². The van der Waals surface area contributed by atoms with Crippen LogP contribution in [0.15, 0.2) is 17.4 Å². The van der Waals surface area contributed by atoms with Gasteiger partial charge in [0.1, 0.15) is 18.8 Å². The molecule has 0 aliphatic carbocycles. The number of carbonyl (C=O) groups excluding carboxylic acids is 2. The molecule has 2 aromatic heterocycles. The number of alkyl halides is 1. The molecule has 2 aromatic rings. The highest BCUT2D eigenvalue weighted by atomic mass is 79.9. The Bertz CT molecular complexity index is 864. The summed E-state index contributed by atoms with van der Waals surface area (Å²) in [5.41, 5.74) is 0.118. The molecule has 0 radical (unpaired) electrons. The average molecular weight is 415 g/mol. The van der Waals surface area contributed by atoms with Crippen LogP contribution in [0.3, 0.4) is 0 Å². The van der Waals surface area contributed by atoms with Gasteiger partial charge < -0.3 is 19.2 Å². The van der Waals surface area contributed by atoms with Crippen molar-refractivity contribution in [1.82, 2.24) is 19.5 Å². The van der Waals surface area contributed by atoms with Crippen molar-refractivity contribution in [1.29, 1.82) is 0 Å². The van der Waals surface area contributed by atoms with Gasteiger partial charge in [-0.2, -0.15) is 0 Å². The summed E-state index contributed by atoms with van der Waals surface area (Å²) in [4.78, 5) is 44.4. The van der Waals surface area contributed by atoms with E-state index in [4.69, 9.17) is 14.2 Å². The molecule has 3 rings (SSSR count). The summed E-state index contributed by atoms with van der Waals surface area (Å²) in [6, 6.07) is 0. The molecular weight excluding hydrogens is 400 g/mol. The molecule has 134 valence electrons. The number of hydrogen-bond acceptors (Lipinski definition) is 8. The van der Waals surface area contributed by atoms with Crippen LogP contribution in [0.5, 0.6) is 0 Å². The number of H-pyrrole nitrogens is 1. The molecule has 0 amide bonds. The predicted molar refractivity (Wildman–Crippen MR) is 87.0 cm³/mol. The lowest BCUT2D eigenvalue weighted by atomic mass is 10.2. The Morgan fingerprint density at radius 1 is 1.36 bits per heavy atom. The molecule has 1 fully saturated rings. The van der Waals surface area contributed by atoms with Crippen molar-refractivity contribution >= 4 is 39.0 Å². The maximum atomic E-state index is 11.8. The molecule has 0 saturated carbocycles. The predicted octanol–water partition coefficient (Wildman–Crippen LogP) is 0.275. The molecular formula is C14H15BrN4O6. The Morgan fingerprint density at radius 3 is 2.80 bits per heavy atom. The van der Waals surface area contributed by atoms with Gasteiger partial charge in [0.2, 0.25) is 0 Å². The smallest absolute Gasteiger partial charge is 0.303 e. The molecule has 25 heavy (non-hydrogen) atoms. The molecule has 1 aliphatic heterocycles. The second-order valence-electron chi connectivity index (χ2n) is 5.44. The van der Waals surface area contributed by atoms with Crippen molar-refractivity contribution in [3.8, 4) is 0 Å². The minimum atomic E-state index is -0.693. The molecule has 11 heteroatoms. The van der Waals surface area contributed by atoms with Crippen molar-refractivity contribution in [2.45, 2.75) is 37.1 Å². The summed E-state index contributed by atoms with van der Waals surface area (Å²) < 4.78 is 17.8. The van der Waals surface area contributed by atoms with E-state index in [1.165, 1.54) is 26.5 Å². The molecule has 0 spiro atoms. The van der Waals surface area contributed by atoms with Gasteiger partial charge in [-0.25, -0.2) is 9.97 Å². The van der Waals surface area contributed by atoms with Gasteiger partial charge >= 0.3 is 11.9 Å². The van der Waals surface area contributed by atoms with E-state index >= 15 is 0 Å². The highest BCUT2D eigenvalue weighted by molar-refractivity contribution is 9.09. The summed E-state index contributed by atoms with van der Waals surface area (Å²) in [5.74, 6) is -0.961. The fourth-order valence-electron chi connectivity index (χ4n) is 2.63. The lowest BCUT2D eigenvalue weighted by Gasteiger charge is -2.19. The molecule has 4 atom stereocenters. The molecule has 0 bridgehead atoms. The zero-order chi connectivity index (χ0) is 18.1. The summed E-state index contributed by atoms with van der Waals surface area (Å²) in [5, 5.41) is 0. The van der Waals surface area contributed by atoms with Gasteiger partial charge in [-0.3, -0.25) is 19.0 Å². The van der Waals surface area contributed by atoms with E-state index in [-0.39, 0.29) is 17.7 Å². The van der Waals surface area contributed by atoms with Crippen LogP contribution in [0.4, 0.5) is 0 Å². The van der Waals surface area contributed by atoms with E-state index in [1.54, 1.807) is 4.57 Å². The van der Waals surface area contributed by atoms with Crippen LogP contribution >= 0.6 is 15.9 Å². The quantitative estimate of drug-likeness (QED) is 0.558. The minimum Gasteiger partial charge on any atom is -0.463 e. The minimum absolute atomic E-state index is 0.0769. The third kappa shape index (κ3) is 3.42. The Kier molecular flexibility index (Phi) is 4.86. The molecule has 0 unspecified atom stereocenters. The number of esters is 2. The lowest BCUT2D eigenvalue weighted by molar-refractivity contribution is -0.155. The van der Waals surface area contributed by atoms with Gasteiger partial charge in [-0.05, 0) is 0 Å². The number of halogens is 1. The highest BCUT2D eigenvalue weighted by Crippen LogP contribution is 2.37. The third-order valence-corrected chi connectivity index (χ3v) is 4.63. The molecule has 1 aliphatic rings. The number of aromatic amines is 1. The Balaban J connectivity index is 1.92. The number of nitrogens with one attached hydrogen (secondary N) is 1. The van der Waals surface area contributed by atoms with Crippen LogP contribution in [-0.2, 0) is 23.8 Å². The molecule has 10 nitrogen and oxygen atoms in total. The van der Waals surface area contributed by atoms with Crippen LogP contribution in [-0.4, -0.2) is 55.1 Å². The number of aromatic nitrogens is 4. The normalized spacial score (nSPS) is 25.9. The van der Waals surface area contributed by atoms with E-state index in [0.29, 0.717) is 5.65 Å². The topological polar surface area (TPSA) is 125 Å². The fourth-order valence-corrected chi connectivity index (χ4v) is 3.46. The first-order valence-electron chi connectivity index (χ1n) is 7.39. The van der Waals surface area contributed by atoms with Gasteiger partial charge in [0.05, 0.1) is 17.5 Å². The number of fused-ring (bicyclic) bond motifs is 1. The zero-order valence-electron chi connectivity index (χ0n) is 13.3. The monoisotopic (exact) mass is 414 g/mol. The van der Waals surface area contributed by atoms with Crippen LogP contribution in [0.1, 0.15) is 20.1 Å². The second-order valence-corrected chi connectivity index (χ2v) is 6.50. The molecule has 3 heterocycles. The number of hydrogen-bond donors (Lipinski definition) is 1. The first kappa shape index (κ1) is 17.5. The van der Waals surface area contributed by atoms with E-state index in [0.717, 1.165) is 0 Å². The third-order valence-electron chi connectivity index (χ3n) is 3.66. The van der Waals surface area contributed by atoms with Gasteiger partial charge in [0.25, 0.3) is 5.56 Å². The van der Waals surface area contributed by atoms with Crippen molar-refractivity contribution in [3.63, 3.8) is 0 Å². The van der Waals surface area contributed by atoms with Gasteiger partial charge in [-0.1, -0.05) is 15.9 Å². The first-order valence-corrected chi connectivity index (χ1v) is 8.30. The summed E-state index contributed by atoms with van der Waals surface area (Å²) in [7, 11) is 0. The lowest BCUT2D eigenvalue weighted by Crippen LogP contribution is -2.35. The fraction of sp³-hybridized carbons (Fsp3) is 0.500. The Morgan fingerprint density at radius 2 is 2.12 bits per heavy atom. The number of ether oxygens (including phenoxy) is 3. The van der Waals surface area contributed by atoms with Crippen LogP contribution < -0.4 is 5.56 Å². The highest BCUT2D eigenvalue weighted by Gasteiger charge is 2.47. The van der Waals surface area contributed by atoms with Crippen LogP contribution in [0.2, 0.25) is 0 Å². The number of nitrogens with zero attached hydrogens (tertiary/aromatic N) is 3. The van der Waals surface area contributed by atoms with E-state index in [2.05, 4.69) is 30.9 Å². The van der Waals surface area contributed by atoms with Crippen LogP contribution in [0.25, 0.3) is 11.2 Å². The second kappa shape index (κ2) is 6.92. The SMILES string of the molecule is CC(=O)OC[C@H]1O[C@@H](n2cnc3c(=O)[nH]cnc32)[C@H](Br)[C@H]1OC(C)=O. The van der Waals surface area contributed by atoms with Crippen molar-refractivity contribution < 1.29 is 23.8 Å². The molecule has 1 saturated heterocycles. The van der Waals surface area contributed by atoms with E-state index < -0.39 is 35.2 Å². The summed E-state index contributed by atoms with van der Waals surface area (Å²) in [6.07, 6.45) is 0.651. The number of carbonyl (C=O) groups is 2. The zero-order valence-corrected chi connectivity index (χ0v) is 14.9. The van der Waals surface area contributed by atoms with E-state index in [1.807, 2.05) is 0 Å². The maximum absolute atomic E-state index is 11.8. The van der Waals surface area contributed by atoms with Crippen molar-refractivity contribution in [2.75, 3.05) is 6.61 Å². The standard InChI is InChI=1S/C14H15BrN4O6/c1-6(20)23-3-8-11(24-7(2)21)9(15)14(25-8)19-5-18-10-12(19)16-4-17-13(10)22/h4-5,8-9,11,14H,3H2,1-2H3,(H,16,17,22)/t8-,9-,11+,14-/m1/s1. The number of imidazole rings is 1. The number of rotatable bonds is 4.